The van der Waals surface area contributed by atoms with Crippen LogP contribution in [-0.2, 0) is 0 Å². The molecule has 0 fully saturated rings. The fourth-order valence-corrected chi connectivity index (χ4v) is 4.41. The normalized spacial score (nSPS) is 12.6. The lowest BCUT2D eigenvalue weighted by Gasteiger charge is -2.19. The highest BCUT2D eigenvalue weighted by Crippen LogP contribution is 2.41. The third-order valence-corrected chi connectivity index (χ3v) is 6.14. The van der Waals surface area contributed by atoms with Crippen LogP contribution in [0.1, 0.15) is 45.7 Å². The highest BCUT2D eigenvalue weighted by molar-refractivity contribution is 6.17. The number of hydrogen-bond acceptors (Lipinski definition) is 2. The second-order valence-corrected chi connectivity index (χ2v) is 8.59. The van der Waals surface area contributed by atoms with Gasteiger partial charge in [-0.25, -0.2) is 0 Å². The Balaban J connectivity index is 0.00000221. The number of hydrogen-bond donors (Lipinski definition) is 2. The average Bonchev–Trinajstić information content (AvgIpc) is 3.06. The first-order valence-electron chi connectivity index (χ1n) is 14.8. The van der Waals surface area contributed by atoms with E-state index in [1.807, 2.05) is 94.5 Å². The molecule has 2 nitrogen and oxygen atoms in total. The molecule has 0 saturated carbocycles. The smallest absolute Gasteiger partial charge is 0.0177 e. The Morgan fingerprint density at radius 3 is 1.37 bits per heavy atom. The Kier molecular flexibility index (Phi) is 18.1. The van der Waals surface area contributed by atoms with Crippen molar-refractivity contribution in [1.82, 2.24) is 0 Å². The summed E-state index contributed by atoms with van der Waals surface area (Å²) in [6.07, 6.45) is 31.3. The second kappa shape index (κ2) is 21.6. The lowest BCUT2D eigenvalue weighted by Crippen LogP contribution is -1.96. The van der Waals surface area contributed by atoms with E-state index in [0.717, 1.165) is 43.8 Å². The summed E-state index contributed by atoms with van der Waals surface area (Å²) >= 11 is 0. The maximum atomic E-state index is 7.13. The van der Waals surface area contributed by atoms with Crippen molar-refractivity contribution in [1.29, 1.82) is 10.8 Å². The molecule has 0 aliphatic rings. The van der Waals surface area contributed by atoms with Crippen molar-refractivity contribution < 1.29 is 0 Å². The molecule has 0 amide bonds. The SMILES string of the molecule is C=C\C=C(/C=C\C=C\C=C\C=N)c1c2ccccc2c(C(/C=C\C=C\C=C\C=N)=C(\C)C=C)c2ccccc12.CC.CC. The number of nitrogens with one attached hydrogen (secondary N) is 2. The molecular formula is C41H46N2. The van der Waals surface area contributed by atoms with Crippen LogP contribution < -0.4 is 0 Å². The minimum Gasteiger partial charge on any atom is -0.309 e. The molecule has 220 valence electrons. The Morgan fingerprint density at radius 1 is 0.558 bits per heavy atom. The van der Waals surface area contributed by atoms with Gasteiger partial charge < -0.3 is 10.8 Å². The Labute approximate surface area is 259 Å². The van der Waals surface area contributed by atoms with Crippen LogP contribution in [0, 0.1) is 10.8 Å². The molecule has 3 aromatic rings. The van der Waals surface area contributed by atoms with E-state index in [1.165, 1.54) is 18.0 Å². The van der Waals surface area contributed by atoms with E-state index in [-0.39, 0.29) is 0 Å². The summed E-state index contributed by atoms with van der Waals surface area (Å²) in [7, 11) is 0. The van der Waals surface area contributed by atoms with Crippen molar-refractivity contribution in [3.63, 3.8) is 0 Å². The van der Waals surface area contributed by atoms with Gasteiger partial charge in [-0.05, 0) is 68.5 Å². The van der Waals surface area contributed by atoms with E-state index in [1.54, 1.807) is 12.2 Å². The van der Waals surface area contributed by atoms with Crippen molar-refractivity contribution >= 4 is 45.1 Å². The molecule has 0 aliphatic heterocycles. The molecule has 0 radical (unpaired) electrons. The van der Waals surface area contributed by atoms with Crippen molar-refractivity contribution in [3.8, 4) is 0 Å². The van der Waals surface area contributed by atoms with Gasteiger partial charge in [0, 0.05) is 12.4 Å². The number of allylic oxidation sites excluding steroid dienone is 18. The van der Waals surface area contributed by atoms with Crippen LogP contribution >= 0.6 is 0 Å². The van der Waals surface area contributed by atoms with E-state index >= 15 is 0 Å². The molecule has 0 saturated heterocycles. The van der Waals surface area contributed by atoms with Crippen molar-refractivity contribution in [3.05, 3.63) is 170 Å². The fraction of sp³-hybridized carbons (Fsp3) is 0.122. The van der Waals surface area contributed by atoms with Gasteiger partial charge in [0.2, 0.25) is 0 Å². The summed E-state index contributed by atoms with van der Waals surface area (Å²) in [6, 6.07) is 17.1. The molecule has 0 atom stereocenters. The molecule has 3 aromatic carbocycles. The molecule has 0 heterocycles. The van der Waals surface area contributed by atoms with Crippen molar-refractivity contribution in [2.45, 2.75) is 34.6 Å². The summed E-state index contributed by atoms with van der Waals surface area (Å²) in [4.78, 5) is 0. The maximum absolute atomic E-state index is 7.13. The molecule has 43 heavy (non-hydrogen) atoms. The predicted octanol–water partition coefficient (Wildman–Crippen LogP) is 12.2. The van der Waals surface area contributed by atoms with Crippen LogP contribution in [0.5, 0.6) is 0 Å². The molecule has 0 bridgehead atoms. The first-order valence-corrected chi connectivity index (χ1v) is 14.8. The zero-order valence-corrected chi connectivity index (χ0v) is 26.3. The second-order valence-electron chi connectivity index (χ2n) is 8.59. The minimum atomic E-state index is 1.06. The summed E-state index contributed by atoms with van der Waals surface area (Å²) in [6.45, 7) is 18.1. The zero-order chi connectivity index (χ0) is 31.9. The van der Waals surface area contributed by atoms with Crippen molar-refractivity contribution in [2.75, 3.05) is 0 Å². The van der Waals surface area contributed by atoms with Gasteiger partial charge in [-0.3, -0.25) is 0 Å². The third-order valence-electron chi connectivity index (χ3n) is 6.14. The van der Waals surface area contributed by atoms with Gasteiger partial charge in [0.15, 0.2) is 0 Å². The molecular weight excluding hydrogens is 520 g/mol. The highest BCUT2D eigenvalue weighted by atomic mass is 14.3. The summed E-state index contributed by atoms with van der Waals surface area (Å²) in [5.74, 6) is 0. The first-order chi connectivity index (χ1) is 21.2. The Bertz CT molecular complexity index is 1560. The van der Waals surface area contributed by atoms with Crippen LogP contribution in [0.2, 0.25) is 0 Å². The summed E-state index contributed by atoms with van der Waals surface area (Å²) in [5, 5.41) is 18.9. The standard InChI is InChI=1S/C37H34N2.2C2H6/c1-4-20-30(21-12-8-6-10-18-27-38)36-32-23-14-16-25-34(32)37(35-26-17-15-24-33(35)36)31(29(3)5-2)22-13-9-7-11-19-28-39;2*1-2/h4-28,38-39H,1-2H2,3H3;2*1-2H3/b8-6+,9-7+,18-10+,19-11+,21-12-,22-13-,30-20+,31-29+,38-27?,39-28?;;. The van der Waals surface area contributed by atoms with Crippen LogP contribution in [-0.4, -0.2) is 12.4 Å². The quantitative estimate of drug-likeness (QED) is 0.124. The van der Waals surface area contributed by atoms with Gasteiger partial charge in [0.1, 0.15) is 0 Å². The molecule has 0 spiro atoms. The van der Waals surface area contributed by atoms with E-state index in [4.69, 9.17) is 10.8 Å². The average molecular weight is 567 g/mol. The Morgan fingerprint density at radius 2 is 0.953 bits per heavy atom. The molecule has 0 aromatic heterocycles. The van der Waals surface area contributed by atoms with E-state index < -0.39 is 0 Å². The highest BCUT2D eigenvalue weighted by Gasteiger charge is 2.17. The fourth-order valence-electron chi connectivity index (χ4n) is 4.41. The van der Waals surface area contributed by atoms with Crippen LogP contribution in [0.25, 0.3) is 32.7 Å². The van der Waals surface area contributed by atoms with Crippen molar-refractivity contribution in [2.24, 2.45) is 0 Å². The topological polar surface area (TPSA) is 47.7 Å². The van der Waals surface area contributed by atoms with E-state index in [9.17, 15) is 0 Å². The monoisotopic (exact) mass is 566 g/mol. The number of benzene rings is 3. The van der Waals surface area contributed by atoms with Gasteiger partial charge >= 0.3 is 0 Å². The van der Waals surface area contributed by atoms with Gasteiger partial charge in [-0.2, -0.15) is 0 Å². The van der Waals surface area contributed by atoms with Gasteiger partial charge in [0.05, 0.1) is 0 Å². The van der Waals surface area contributed by atoms with Gasteiger partial charge in [-0.15, -0.1) is 0 Å². The summed E-state index contributed by atoms with van der Waals surface area (Å²) < 4.78 is 0. The largest absolute Gasteiger partial charge is 0.309 e. The van der Waals surface area contributed by atoms with Gasteiger partial charge in [-0.1, -0.05) is 168 Å². The molecule has 3 rings (SSSR count). The Hall–Kier alpha value is -5.08. The maximum Gasteiger partial charge on any atom is 0.0177 e. The van der Waals surface area contributed by atoms with Crippen LogP contribution in [0.15, 0.2) is 158 Å². The molecule has 0 aliphatic carbocycles. The van der Waals surface area contributed by atoms with Gasteiger partial charge in [0.25, 0.3) is 0 Å². The molecule has 0 unspecified atom stereocenters. The zero-order valence-electron chi connectivity index (χ0n) is 26.3. The summed E-state index contributed by atoms with van der Waals surface area (Å²) in [5.41, 5.74) is 5.58. The first kappa shape index (κ1) is 35.9. The van der Waals surface area contributed by atoms with Crippen LogP contribution in [0.3, 0.4) is 0 Å². The molecule has 2 N–H and O–H groups in total. The van der Waals surface area contributed by atoms with Crippen LogP contribution in [0.4, 0.5) is 0 Å². The third kappa shape index (κ3) is 10.4. The lowest BCUT2D eigenvalue weighted by molar-refractivity contribution is 1.50. The van der Waals surface area contributed by atoms with E-state index in [2.05, 4.69) is 80.8 Å². The minimum absolute atomic E-state index is 1.06. The van der Waals surface area contributed by atoms with E-state index in [0.29, 0.717) is 0 Å². The number of fused-ring (bicyclic) bond motifs is 2. The lowest BCUT2D eigenvalue weighted by atomic mass is 9.84. The predicted molar refractivity (Wildman–Crippen MR) is 198 cm³/mol. The number of rotatable bonds is 12. The molecule has 2 heteroatoms.